The van der Waals surface area contributed by atoms with Crippen molar-refractivity contribution in [2.75, 3.05) is 13.7 Å². The molecule has 2 N–H and O–H groups in total. The molecule has 1 aromatic carbocycles. The number of hydrogen-bond donors (Lipinski definition) is 2. The number of amides is 1. The van der Waals surface area contributed by atoms with E-state index in [2.05, 4.69) is 5.32 Å². The van der Waals surface area contributed by atoms with Gasteiger partial charge in [0.1, 0.15) is 0 Å². The molecule has 0 bridgehead atoms. The Morgan fingerprint density at radius 3 is 2.62 bits per heavy atom. The summed E-state index contributed by atoms with van der Waals surface area (Å²) in [4.78, 5) is 23.2. The highest BCUT2D eigenvalue weighted by molar-refractivity contribution is 5.80. The average molecular weight is 335 g/mol. The Bertz CT molecular complexity index is 587. The van der Waals surface area contributed by atoms with Crippen LogP contribution in [0.15, 0.2) is 18.2 Å². The molecular formula is C18H25NO5. The topological polar surface area (TPSA) is 84.9 Å². The van der Waals surface area contributed by atoms with Crippen LogP contribution in [0, 0.1) is 11.8 Å². The normalized spacial score (nSPS) is 19.8. The molecule has 0 radical (unpaired) electrons. The summed E-state index contributed by atoms with van der Waals surface area (Å²) in [6.45, 7) is 3.05. The second-order valence-corrected chi connectivity index (χ2v) is 6.10. The lowest BCUT2D eigenvalue weighted by atomic mass is 10.0. The molecule has 132 valence electrons. The van der Waals surface area contributed by atoms with E-state index >= 15 is 0 Å². The Kier molecular flexibility index (Phi) is 6.46. The molecular weight excluding hydrogens is 310 g/mol. The summed E-state index contributed by atoms with van der Waals surface area (Å²) in [6, 6.07) is 5.58. The highest BCUT2D eigenvalue weighted by atomic mass is 16.5. The van der Waals surface area contributed by atoms with Gasteiger partial charge >= 0.3 is 5.97 Å². The molecule has 1 aromatic rings. The third-order valence-electron chi connectivity index (χ3n) is 4.31. The quantitative estimate of drug-likeness (QED) is 0.763. The molecule has 1 fully saturated rings. The van der Waals surface area contributed by atoms with Crippen LogP contribution in [-0.2, 0) is 16.1 Å². The number of carbonyl (C=O) groups excluding carboxylic acids is 1. The molecule has 1 aliphatic carbocycles. The molecule has 6 heteroatoms. The first-order valence-corrected chi connectivity index (χ1v) is 8.35. The zero-order chi connectivity index (χ0) is 17.5. The largest absolute Gasteiger partial charge is 0.493 e. The van der Waals surface area contributed by atoms with Gasteiger partial charge in [0, 0.05) is 12.5 Å². The van der Waals surface area contributed by atoms with Gasteiger partial charge in [0.25, 0.3) is 0 Å². The number of nitrogens with one attached hydrogen (secondary N) is 1. The number of hydrogen-bond acceptors (Lipinski definition) is 4. The van der Waals surface area contributed by atoms with Gasteiger partial charge in [-0.2, -0.15) is 0 Å². The van der Waals surface area contributed by atoms with Gasteiger partial charge in [-0.25, -0.2) is 0 Å². The minimum absolute atomic E-state index is 0.0796. The Hall–Kier alpha value is -2.24. The fourth-order valence-electron chi connectivity index (χ4n) is 2.93. The van der Waals surface area contributed by atoms with E-state index in [1.54, 1.807) is 7.11 Å². The second kappa shape index (κ2) is 8.57. The summed E-state index contributed by atoms with van der Waals surface area (Å²) in [5.41, 5.74) is 0.914. The highest BCUT2D eigenvalue weighted by Crippen LogP contribution is 2.31. The lowest BCUT2D eigenvalue weighted by molar-refractivity contribution is -0.141. The molecule has 24 heavy (non-hydrogen) atoms. The van der Waals surface area contributed by atoms with Gasteiger partial charge in [-0.1, -0.05) is 13.0 Å². The van der Waals surface area contributed by atoms with Gasteiger partial charge in [-0.3, -0.25) is 9.59 Å². The lowest BCUT2D eigenvalue weighted by Gasteiger charge is -2.13. The number of aliphatic carboxylic acids is 1. The Morgan fingerprint density at radius 1 is 1.25 bits per heavy atom. The maximum Gasteiger partial charge on any atom is 0.306 e. The maximum absolute atomic E-state index is 12.2. The van der Waals surface area contributed by atoms with Crippen molar-refractivity contribution in [3.8, 4) is 11.5 Å². The van der Waals surface area contributed by atoms with Crippen molar-refractivity contribution in [1.82, 2.24) is 5.32 Å². The predicted octanol–water partition coefficient (Wildman–Crippen LogP) is 2.60. The SMILES string of the molecule is CCCOc1ccc(CNC(=O)[C@@H]2CC[C@H](C(=O)O)C2)cc1OC. The van der Waals surface area contributed by atoms with Crippen LogP contribution < -0.4 is 14.8 Å². The van der Waals surface area contributed by atoms with Crippen LogP contribution in [0.1, 0.15) is 38.2 Å². The fraction of sp³-hybridized carbons (Fsp3) is 0.556. The molecule has 0 aromatic heterocycles. The molecule has 0 unspecified atom stereocenters. The van der Waals surface area contributed by atoms with E-state index < -0.39 is 11.9 Å². The maximum atomic E-state index is 12.2. The Labute approximate surface area is 142 Å². The minimum atomic E-state index is -0.808. The summed E-state index contributed by atoms with van der Waals surface area (Å²) in [6.07, 6.45) is 2.55. The van der Waals surface area contributed by atoms with Crippen molar-refractivity contribution in [2.24, 2.45) is 11.8 Å². The summed E-state index contributed by atoms with van der Waals surface area (Å²) in [5, 5.41) is 11.9. The molecule has 1 aliphatic rings. The van der Waals surface area contributed by atoms with E-state index in [4.69, 9.17) is 14.6 Å². The van der Waals surface area contributed by atoms with Crippen LogP contribution >= 0.6 is 0 Å². The second-order valence-electron chi connectivity index (χ2n) is 6.10. The smallest absolute Gasteiger partial charge is 0.306 e. The molecule has 6 nitrogen and oxygen atoms in total. The summed E-state index contributed by atoms with van der Waals surface area (Å²) in [7, 11) is 1.58. The fourth-order valence-corrected chi connectivity index (χ4v) is 2.93. The monoisotopic (exact) mass is 335 g/mol. The standard InChI is InChI=1S/C18H25NO5/c1-3-8-24-15-7-4-12(9-16(15)23-2)11-19-17(20)13-5-6-14(10-13)18(21)22/h4,7,9,13-14H,3,5-6,8,10-11H2,1-2H3,(H,19,20)(H,21,22)/t13-,14+/m1/s1. The number of methoxy groups -OCH3 is 1. The van der Waals surface area contributed by atoms with Crippen molar-refractivity contribution >= 4 is 11.9 Å². The van der Waals surface area contributed by atoms with Crippen molar-refractivity contribution in [3.05, 3.63) is 23.8 Å². The Morgan fingerprint density at radius 2 is 2.00 bits per heavy atom. The first-order chi connectivity index (χ1) is 11.5. The van der Waals surface area contributed by atoms with Crippen LogP contribution in [-0.4, -0.2) is 30.7 Å². The van der Waals surface area contributed by atoms with Gasteiger partial charge in [-0.05, 0) is 43.4 Å². The van der Waals surface area contributed by atoms with Gasteiger partial charge in [-0.15, -0.1) is 0 Å². The first-order valence-electron chi connectivity index (χ1n) is 8.35. The summed E-state index contributed by atoms with van der Waals surface area (Å²) >= 11 is 0. The van der Waals surface area contributed by atoms with Crippen LogP contribution in [0.2, 0.25) is 0 Å². The Balaban J connectivity index is 1.89. The van der Waals surface area contributed by atoms with Crippen molar-refractivity contribution in [1.29, 1.82) is 0 Å². The number of benzene rings is 1. The number of ether oxygens (including phenoxy) is 2. The highest BCUT2D eigenvalue weighted by Gasteiger charge is 2.33. The molecule has 2 rings (SSSR count). The molecule has 0 spiro atoms. The van der Waals surface area contributed by atoms with Crippen LogP contribution in [0.4, 0.5) is 0 Å². The molecule has 0 heterocycles. The van der Waals surface area contributed by atoms with Crippen LogP contribution in [0.3, 0.4) is 0 Å². The third-order valence-corrected chi connectivity index (χ3v) is 4.31. The van der Waals surface area contributed by atoms with E-state index in [1.165, 1.54) is 0 Å². The molecule has 0 aliphatic heterocycles. The average Bonchev–Trinajstić information content (AvgIpc) is 3.08. The lowest BCUT2D eigenvalue weighted by Crippen LogP contribution is -2.29. The van der Waals surface area contributed by atoms with E-state index in [9.17, 15) is 9.59 Å². The zero-order valence-corrected chi connectivity index (χ0v) is 14.2. The minimum Gasteiger partial charge on any atom is -0.493 e. The first kappa shape index (κ1) is 18.1. The van der Waals surface area contributed by atoms with Crippen molar-refractivity contribution < 1.29 is 24.2 Å². The number of carbonyl (C=O) groups is 2. The molecule has 1 amide bonds. The van der Waals surface area contributed by atoms with Gasteiger partial charge < -0.3 is 19.9 Å². The van der Waals surface area contributed by atoms with Gasteiger partial charge in [0.05, 0.1) is 19.6 Å². The van der Waals surface area contributed by atoms with E-state index in [0.29, 0.717) is 43.9 Å². The number of carboxylic acid groups (broad SMARTS) is 1. The van der Waals surface area contributed by atoms with E-state index in [1.807, 2.05) is 25.1 Å². The van der Waals surface area contributed by atoms with E-state index in [-0.39, 0.29) is 11.8 Å². The number of rotatable bonds is 8. The van der Waals surface area contributed by atoms with Crippen LogP contribution in [0.5, 0.6) is 11.5 Å². The van der Waals surface area contributed by atoms with Crippen LogP contribution in [0.25, 0.3) is 0 Å². The number of carboxylic acids is 1. The van der Waals surface area contributed by atoms with E-state index in [0.717, 1.165) is 12.0 Å². The van der Waals surface area contributed by atoms with Crippen molar-refractivity contribution in [2.45, 2.75) is 39.2 Å². The molecule has 1 saturated carbocycles. The summed E-state index contributed by atoms with van der Waals surface area (Å²) < 4.78 is 10.9. The molecule has 2 atom stereocenters. The predicted molar refractivity (Wildman–Crippen MR) is 89.1 cm³/mol. The molecule has 0 saturated heterocycles. The third kappa shape index (κ3) is 4.63. The van der Waals surface area contributed by atoms with Gasteiger partial charge in [0.15, 0.2) is 11.5 Å². The van der Waals surface area contributed by atoms with Crippen molar-refractivity contribution in [3.63, 3.8) is 0 Å². The van der Waals surface area contributed by atoms with Gasteiger partial charge in [0.2, 0.25) is 5.91 Å². The zero-order valence-electron chi connectivity index (χ0n) is 14.2. The summed E-state index contributed by atoms with van der Waals surface area (Å²) in [5.74, 6) is -0.158.